The molecular formula is C16H16BrN3O. The van der Waals surface area contributed by atoms with E-state index in [-0.39, 0.29) is 5.84 Å². The highest BCUT2D eigenvalue weighted by Crippen LogP contribution is 2.29. The Bertz CT molecular complexity index is 683. The highest BCUT2D eigenvalue weighted by atomic mass is 79.9. The molecule has 21 heavy (non-hydrogen) atoms. The van der Waals surface area contributed by atoms with Crippen molar-refractivity contribution in [2.45, 2.75) is 25.7 Å². The lowest BCUT2D eigenvalue weighted by Gasteiger charge is -2.18. The smallest absolute Gasteiger partial charge is 0.230 e. The summed E-state index contributed by atoms with van der Waals surface area (Å²) in [5.41, 5.74) is 8.51. The SMILES string of the molecule is N=C(N)c1cc2c(nc1Oc1ccc(Br)cc1)CCCC2. The van der Waals surface area contributed by atoms with Crippen molar-refractivity contribution >= 4 is 21.8 Å². The van der Waals surface area contributed by atoms with Gasteiger partial charge in [0.05, 0.1) is 5.56 Å². The topological polar surface area (TPSA) is 72.0 Å². The average Bonchev–Trinajstić information content (AvgIpc) is 2.48. The number of fused-ring (bicyclic) bond motifs is 1. The van der Waals surface area contributed by atoms with E-state index in [1.54, 1.807) is 0 Å². The number of hydrogen-bond acceptors (Lipinski definition) is 3. The number of nitrogens with zero attached hydrogens (tertiary/aromatic N) is 1. The van der Waals surface area contributed by atoms with Gasteiger partial charge in [-0.1, -0.05) is 15.9 Å². The van der Waals surface area contributed by atoms with Gasteiger partial charge in [-0.15, -0.1) is 0 Å². The van der Waals surface area contributed by atoms with Gasteiger partial charge >= 0.3 is 0 Å². The van der Waals surface area contributed by atoms with Gasteiger partial charge in [0.25, 0.3) is 0 Å². The molecule has 3 N–H and O–H groups in total. The summed E-state index contributed by atoms with van der Waals surface area (Å²) in [6, 6.07) is 9.48. The summed E-state index contributed by atoms with van der Waals surface area (Å²) < 4.78 is 6.83. The summed E-state index contributed by atoms with van der Waals surface area (Å²) in [6.45, 7) is 0. The summed E-state index contributed by atoms with van der Waals surface area (Å²) >= 11 is 3.39. The second kappa shape index (κ2) is 5.85. The van der Waals surface area contributed by atoms with Crippen molar-refractivity contribution < 1.29 is 4.74 Å². The Kier molecular flexibility index (Phi) is 3.92. The van der Waals surface area contributed by atoms with E-state index in [4.69, 9.17) is 15.9 Å². The number of halogens is 1. The van der Waals surface area contributed by atoms with Crippen molar-refractivity contribution in [2.75, 3.05) is 0 Å². The highest BCUT2D eigenvalue weighted by molar-refractivity contribution is 9.10. The first kappa shape index (κ1) is 14.1. The fourth-order valence-corrected chi connectivity index (χ4v) is 2.76. The molecule has 0 bridgehead atoms. The van der Waals surface area contributed by atoms with Gasteiger partial charge in [-0.3, -0.25) is 5.41 Å². The second-order valence-corrected chi connectivity index (χ2v) is 6.04. The number of aryl methyl sites for hydroxylation is 2. The normalized spacial score (nSPS) is 13.6. The Labute approximate surface area is 132 Å². The highest BCUT2D eigenvalue weighted by Gasteiger charge is 2.18. The van der Waals surface area contributed by atoms with E-state index in [9.17, 15) is 0 Å². The maximum Gasteiger partial charge on any atom is 0.230 e. The van der Waals surface area contributed by atoms with Crippen LogP contribution >= 0.6 is 15.9 Å². The zero-order valence-corrected chi connectivity index (χ0v) is 13.1. The molecule has 0 saturated carbocycles. The van der Waals surface area contributed by atoms with Crippen LogP contribution in [0.5, 0.6) is 11.6 Å². The molecule has 0 amide bonds. The number of amidine groups is 1. The van der Waals surface area contributed by atoms with Crippen molar-refractivity contribution in [3.63, 3.8) is 0 Å². The van der Waals surface area contributed by atoms with Crippen molar-refractivity contribution in [3.8, 4) is 11.6 Å². The lowest BCUT2D eigenvalue weighted by molar-refractivity contribution is 0.456. The lowest BCUT2D eigenvalue weighted by Crippen LogP contribution is -2.16. The summed E-state index contributed by atoms with van der Waals surface area (Å²) in [5.74, 6) is 1.09. The number of nitrogens with one attached hydrogen (secondary N) is 1. The van der Waals surface area contributed by atoms with Crippen molar-refractivity contribution in [1.82, 2.24) is 4.98 Å². The van der Waals surface area contributed by atoms with Crippen molar-refractivity contribution in [2.24, 2.45) is 5.73 Å². The summed E-state index contributed by atoms with van der Waals surface area (Å²) in [5, 5.41) is 7.74. The zero-order valence-electron chi connectivity index (χ0n) is 11.5. The number of nitrogens with two attached hydrogens (primary N) is 1. The largest absolute Gasteiger partial charge is 0.438 e. The van der Waals surface area contributed by atoms with Gasteiger partial charge in [-0.2, -0.15) is 0 Å². The molecule has 1 aliphatic rings. The van der Waals surface area contributed by atoms with E-state index in [0.717, 1.165) is 29.4 Å². The molecule has 0 unspecified atom stereocenters. The van der Waals surface area contributed by atoms with E-state index in [1.807, 2.05) is 30.3 Å². The van der Waals surface area contributed by atoms with E-state index in [2.05, 4.69) is 20.9 Å². The molecule has 2 aromatic rings. The van der Waals surface area contributed by atoms with Crippen LogP contribution in [0, 0.1) is 5.41 Å². The first-order chi connectivity index (χ1) is 10.1. The van der Waals surface area contributed by atoms with E-state index in [1.165, 1.54) is 12.0 Å². The van der Waals surface area contributed by atoms with Crippen LogP contribution in [0.4, 0.5) is 0 Å². The minimum atomic E-state index is -0.0111. The molecule has 0 aliphatic heterocycles. The molecular weight excluding hydrogens is 330 g/mol. The molecule has 0 atom stereocenters. The Balaban J connectivity index is 1.99. The Morgan fingerprint density at radius 1 is 1.19 bits per heavy atom. The van der Waals surface area contributed by atoms with Gasteiger partial charge in [-0.05, 0) is 61.6 Å². The molecule has 3 rings (SSSR count). The first-order valence-electron chi connectivity index (χ1n) is 6.94. The number of hydrogen-bond donors (Lipinski definition) is 2. The third-order valence-electron chi connectivity index (χ3n) is 3.58. The molecule has 4 nitrogen and oxygen atoms in total. The van der Waals surface area contributed by atoms with Crippen LogP contribution in [-0.2, 0) is 12.8 Å². The van der Waals surface area contributed by atoms with Gasteiger partial charge in [-0.25, -0.2) is 4.98 Å². The average molecular weight is 346 g/mol. The molecule has 0 spiro atoms. The van der Waals surface area contributed by atoms with Crippen LogP contribution in [0.1, 0.15) is 29.7 Å². The van der Waals surface area contributed by atoms with Crippen molar-refractivity contribution in [1.29, 1.82) is 5.41 Å². The number of nitrogen functional groups attached to an aromatic ring is 1. The number of pyridine rings is 1. The zero-order chi connectivity index (χ0) is 14.8. The Morgan fingerprint density at radius 3 is 2.62 bits per heavy atom. The Hall–Kier alpha value is -1.88. The molecule has 108 valence electrons. The van der Waals surface area contributed by atoms with E-state index < -0.39 is 0 Å². The molecule has 5 heteroatoms. The summed E-state index contributed by atoms with van der Waals surface area (Å²) in [7, 11) is 0. The first-order valence-corrected chi connectivity index (χ1v) is 7.73. The predicted octanol–water partition coefficient (Wildman–Crippen LogP) is 3.80. The minimum absolute atomic E-state index is 0.0111. The van der Waals surface area contributed by atoms with Crippen molar-refractivity contribution in [3.05, 3.63) is 51.6 Å². The molecule has 1 aromatic carbocycles. The molecule has 0 saturated heterocycles. The number of ether oxygens (including phenoxy) is 1. The summed E-state index contributed by atoms with van der Waals surface area (Å²) in [6.07, 6.45) is 4.28. The van der Waals surface area contributed by atoms with Gasteiger partial charge in [0.1, 0.15) is 11.6 Å². The van der Waals surface area contributed by atoms with Crippen LogP contribution in [0.15, 0.2) is 34.8 Å². The van der Waals surface area contributed by atoms with Gasteiger partial charge < -0.3 is 10.5 Å². The van der Waals surface area contributed by atoms with Crippen LogP contribution < -0.4 is 10.5 Å². The molecule has 1 aliphatic carbocycles. The lowest BCUT2D eigenvalue weighted by atomic mass is 9.95. The third-order valence-corrected chi connectivity index (χ3v) is 4.11. The predicted molar refractivity (Wildman–Crippen MR) is 86.1 cm³/mol. The van der Waals surface area contributed by atoms with Gasteiger partial charge in [0, 0.05) is 10.2 Å². The maximum atomic E-state index is 7.74. The molecule has 1 heterocycles. The van der Waals surface area contributed by atoms with Crippen LogP contribution in [0.2, 0.25) is 0 Å². The van der Waals surface area contributed by atoms with E-state index in [0.29, 0.717) is 17.2 Å². The quantitative estimate of drug-likeness (QED) is 0.656. The number of benzene rings is 1. The standard InChI is InChI=1S/C16H16BrN3O/c17-11-5-7-12(8-6-11)21-16-13(15(18)19)9-10-3-1-2-4-14(10)20-16/h5-9H,1-4H2,(H3,18,19). The fourth-order valence-electron chi connectivity index (χ4n) is 2.50. The third kappa shape index (κ3) is 3.08. The Morgan fingerprint density at radius 2 is 1.90 bits per heavy atom. The molecule has 1 aromatic heterocycles. The number of rotatable bonds is 3. The molecule has 0 fully saturated rings. The number of aromatic nitrogens is 1. The van der Waals surface area contributed by atoms with Crippen LogP contribution in [-0.4, -0.2) is 10.8 Å². The summed E-state index contributed by atoms with van der Waals surface area (Å²) in [4.78, 5) is 4.60. The molecule has 0 radical (unpaired) electrons. The van der Waals surface area contributed by atoms with Gasteiger partial charge in [0.2, 0.25) is 5.88 Å². The monoisotopic (exact) mass is 345 g/mol. The maximum absolute atomic E-state index is 7.74. The second-order valence-electron chi connectivity index (χ2n) is 5.12. The van der Waals surface area contributed by atoms with E-state index >= 15 is 0 Å². The fraction of sp³-hybridized carbons (Fsp3) is 0.250. The van der Waals surface area contributed by atoms with Gasteiger partial charge in [0.15, 0.2) is 0 Å². The van der Waals surface area contributed by atoms with Crippen LogP contribution in [0.25, 0.3) is 0 Å². The minimum Gasteiger partial charge on any atom is -0.438 e. The van der Waals surface area contributed by atoms with Crippen LogP contribution in [0.3, 0.4) is 0 Å².